The summed E-state index contributed by atoms with van der Waals surface area (Å²) in [5.41, 5.74) is 2.66. The number of nitrogens with zero attached hydrogens (tertiary/aromatic N) is 3. The van der Waals surface area contributed by atoms with Gasteiger partial charge in [0, 0.05) is 6.20 Å². The van der Waals surface area contributed by atoms with E-state index in [1.165, 1.54) is 18.3 Å². The van der Waals surface area contributed by atoms with Gasteiger partial charge in [-0.15, -0.1) is 0 Å². The molecule has 0 unspecified atom stereocenters. The summed E-state index contributed by atoms with van der Waals surface area (Å²) in [5, 5.41) is 7.16. The Bertz CT molecular complexity index is 861. The molecule has 0 saturated carbocycles. The van der Waals surface area contributed by atoms with Crippen molar-refractivity contribution < 1.29 is 9.18 Å². The van der Waals surface area contributed by atoms with E-state index in [1.807, 2.05) is 25.1 Å². The molecular weight excluding hydrogens is 319 g/mol. The smallest absolute Gasteiger partial charge is 0.255 e. The molecule has 1 aromatic carbocycles. The van der Waals surface area contributed by atoms with Crippen LogP contribution in [0.15, 0.2) is 54.9 Å². The first-order valence-electron chi connectivity index (χ1n) is 8.20. The van der Waals surface area contributed by atoms with Crippen LogP contribution in [0, 0.1) is 5.82 Å². The van der Waals surface area contributed by atoms with Crippen molar-refractivity contribution in [3.8, 4) is 5.69 Å². The molecule has 1 amide bonds. The van der Waals surface area contributed by atoms with Crippen LogP contribution in [-0.4, -0.2) is 20.7 Å². The number of carbonyl (C=O) groups excluding carboxylic acids is 1. The Balaban J connectivity index is 1.84. The molecule has 3 aromatic rings. The number of amides is 1. The summed E-state index contributed by atoms with van der Waals surface area (Å²) < 4.78 is 15.1. The van der Waals surface area contributed by atoms with Gasteiger partial charge in [0.05, 0.1) is 35.4 Å². The van der Waals surface area contributed by atoms with Crippen molar-refractivity contribution in [2.45, 2.75) is 26.3 Å². The number of nitrogens with one attached hydrogen (secondary N) is 1. The first-order chi connectivity index (χ1) is 12.2. The van der Waals surface area contributed by atoms with Crippen LogP contribution in [0.25, 0.3) is 5.69 Å². The molecule has 1 N–H and O–H groups in total. The maximum absolute atomic E-state index is 13.5. The Morgan fingerprint density at radius 2 is 2.12 bits per heavy atom. The van der Waals surface area contributed by atoms with E-state index in [2.05, 4.69) is 15.4 Å². The van der Waals surface area contributed by atoms with Gasteiger partial charge in [-0.3, -0.25) is 9.78 Å². The first kappa shape index (κ1) is 16.8. The van der Waals surface area contributed by atoms with Crippen LogP contribution in [0.3, 0.4) is 0 Å². The summed E-state index contributed by atoms with van der Waals surface area (Å²) >= 11 is 0. The zero-order chi connectivity index (χ0) is 17.6. The molecule has 3 rings (SSSR count). The second-order valence-corrected chi connectivity index (χ2v) is 5.65. The lowest BCUT2D eigenvalue weighted by Gasteiger charge is -2.09. The third-order valence-corrected chi connectivity index (χ3v) is 3.81. The molecule has 0 aliphatic rings. The zero-order valence-corrected chi connectivity index (χ0v) is 13.9. The highest BCUT2D eigenvalue weighted by atomic mass is 19.1. The van der Waals surface area contributed by atoms with Crippen LogP contribution in [-0.2, 0) is 13.0 Å². The van der Waals surface area contributed by atoms with E-state index in [0.717, 1.165) is 17.8 Å². The first-order valence-corrected chi connectivity index (χ1v) is 8.20. The quantitative estimate of drug-likeness (QED) is 0.750. The summed E-state index contributed by atoms with van der Waals surface area (Å²) in [7, 11) is 0. The molecule has 0 radical (unpaired) electrons. The average Bonchev–Trinajstić information content (AvgIpc) is 3.05. The fourth-order valence-electron chi connectivity index (χ4n) is 2.64. The van der Waals surface area contributed by atoms with E-state index in [1.54, 1.807) is 23.0 Å². The van der Waals surface area contributed by atoms with Crippen LogP contribution in [0.5, 0.6) is 0 Å². The Hall–Kier alpha value is -3.02. The summed E-state index contributed by atoms with van der Waals surface area (Å²) in [6, 6.07) is 11.7. The number of hydrogen-bond donors (Lipinski definition) is 1. The summed E-state index contributed by atoms with van der Waals surface area (Å²) in [6.07, 6.45) is 4.74. The lowest BCUT2D eigenvalue weighted by Crippen LogP contribution is -2.24. The van der Waals surface area contributed by atoms with Gasteiger partial charge in [0.1, 0.15) is 5.82 Å². The fraction of sp³-hybridized carbons (Fsp3) is 0.211. The van der Waals surface area contributed by atoms with Gasteiger partial charge in [-0.25, -0.2) is 9.07 Å². The maximum atomic E-state index is 13.5. The predicted molar refractivity (Wildman–Crippen MR) is 92.9 cm³/mol. The minimum atomic E-state index is -0.336. The van der Waals surface area contributed by atoms with E-state index < -0.39 is 0 Å². The summed E-state index contributed by atoms with van der Waals surface area (Å²) in [4.78, 5) is 16.7. The number of rotatable bonds is 6. The van der Waals surface area contributed by atoms with Crippen molar-refractivity contribution in [1.82, 2.24) is 20.1 Å². The third kappa shape index (κ3) is 3.91. The minimum Gasteiger partial charge on any atom is -0.346 e. The minimum absolute atomic E-state index is 0.211. The molecule has 25 heavy (non-hydrogen) atoms. The van der Waals surface area contributed by atoms with Crippen molar-refractivity contribution in [1.29, 1.82) is 0 Å². The van der Waals surface area contributed by atoms with Gasteiger partial charge >= 0.3 is 0 Å². The molecule has 0 aliphatic heterocycles. The molecule has 5 nitrogen and oxygen atoms in total. The highest BCUT2D eigenvalue weighted by molar-refractivity contribution is 5.95. The fourth-order valence-corrected chi connectivity index (χ4v) is 2.64. The highest BCUT2D eigenvalue weighted by Crippen LogP contribution is 2.18. The molecule has 6 heteroatoms. The van der Waals surface area contributed by atoms with Gasteiger partial charge < -0.3 is 5.32 Å². The van der Waals surface area contributed by atoms with Crippen LogP contribution in [0.2, 0.25) is 0 Å². The van der Waals surface area contributed by atoms with E-state index in [0.29, 0.717) is 24.2 Å². The molecule has 0 aliphatic carbocycles. The number of halogens is 1. The second kappa shape index (κ2) is 7.70. The molecule has 0 fully saturated rings. The number of hydrogen-bond acceptors (Lipinski definition) is 3. The standard InChI is InChI=1S/C19H19FN4O/c1-2-6-18-17(19(25)22-12-15-8-3-4-10-21-15)13-23-24(18)16-9-5-7-14(20)11-16/h3-5,7-11,13H,2,6,12H2,1H3,(H,22,25). The van der Waals surface area contributed by atoms with Crippen LogP contribution < -0.4 is 5.32 Å². The van der Waals surface area contributed by atoms with Gasteiger partial charge in [-0.05, 0) is 36.8 Å². The van der Waals surface area contributed by atoms with Crippen LogP contribution in [0.4, 0.5) is 4.39 Å². The molecule has 0 saturated heterocycles. The predicted octanol–water partition coefficient (Wildman–Crippen LogP) is 3.29. The normalized spacial score (nSPS) is 10.6. The SMILES string of the molecule is CCCc1c(C(=O)NCc2ccccn2)cnn1-c1cccc(F)c1. The van der Waals surface area contributed by atoms with Gasteiger partial charge in [-0.1, -0.05) is 25.5 Å². The summed E-state index contributed by atoms with van der Waals surface area (Å²) in [5.74, 6) is -0.548. The third-order valence-electron chi connectivity index (χ3n) is 3.81. The van der Waals surface area contributed by atoms with E-state index >= 15 is 0 Å². The van der Waals surface area contributed by atoms with E-state index in [9.17, 15) is 9.18 Å². The average molecular weight is 338 g/mol. The molecule has 0 bridgehead atoms. The Morgan fingerprint density at radius 3 is 2.84 bits per heavy atom. The highest BCUT2D eigenvalue weighted by Gasteiger charge is 2.18. The molecule has 0 spiro atoms. The maximum Gasteiger partial charge on any atom is 0.255 e. The van der Waals surface area contributed by atoms with Gasteiger partial charge in [0.25, 0.3) is 5.91 Å². The molecule has 2 heterocycles. The van der Waals surface area contributed by atoms with E-state index in [-0.39, 0.29) is 11.7 Å². The second-order valence-electron chi connectivity index (χ2n) is 5.65. The lowest BCUT2D eigenvalue weighted by molar-refractivity contribution is 0.0949. The van der Waals surface area contributed by atoms with Gasteiger partial charge in [0.15, 0.2) is 0 Å². The molecule has 128 valence electrons. The topological polar surface area (TPSA) is 59.8 Å². The van der Waals surface area contributed by atoms with Crippen LogP contribution >= 0.6 is 0 Å². The number of pyridine rings is 1. The summed E-state index contributed by atoms with van der Waals surface area (Å²) in [6.45, 7) is 2.37. The monoisotopic (exact) mass is 338 g/mol. The van der Waals surface area contributed by atoms with Gasteiger partial charge in [-0.2, -0.15) is 5.10 Å². The molecule has 2 aromatic heterocycles. The van der Waals surface area contributed by atoms with E-state index in [4.69, 9.17) is 0 Å². The number of benzene rings is 1. The van der Waals surface area contributed by atoms with Crippen LogP contribution in [0.1, 0.15) is 35.1 Å². The zero-order valence-electron chi connectivity index (χ0n) is 13.9. The largest absolute Gasteiger partial charge is 0.346 e. The molecular formula is C19H19FN4O. The van der Waals surface area contributed by atoms with Crippen molar-refractivity contribution in [2.75, 3.05) is 0 Å². The van der Waals surface area contributed by atoms with Crippen molar-refractivity contribution in [3.05, 3.63) is 77.6 Å². The van der Waals surface area contributed by atoms with Crippen molar-refractivity contribution in [3.63, 3.8) is 0 Å². The van der Waals surface area contributed by atoms with Gasteiger partial charge in [0.2, 0.25) is 0 Å². The number of carbonyl (C=O) groups is 1. The van der Waals surface area contributed by atoms with Crippen molar-refractivity contribution >= 4 is 5.91 Å². The Kier molecular flexibility index (Phi) is 5.18. The van der Waals surface area contributed by atoms with Crippen molar-refractivity contribution in [2.24, 2.45) is 0 Å². The lowest BCUT2D eigenvalue weighted by atomic mass is 10.1. The molecule has 0 atom stereocenters. The number of aromatic nitrogens is 3. The Labute approximate surface area is 145 Å². The Morgan fingerprint density at radius 1 is 1.24 bits per heavy atom.